The third-order valence-electron chi connectivity index (χ3n) is 3.46. The molecule has 0 N–H and O–H groups in total. The smallest absolute Gasteiger partial charge is 0.0439 e. The van der Waals surface area contributed by atoms with Gasteiger partial charge in [0.15, 0.2) is 0 Å². The van der Waals surface area contributed by atoms with Crippen LogP contribution in [-0.2, 0) is 11.8 Å². The summed E-state index contributed by atoms with van der Waals surface area (Å²) < 4.78 is 0. The van der Waals surface area contributed by atoms with E-state index < -0.39 is 0 Å². The van der Waals surface area contributed by atoms with Gasteiger partial charge in [0.25, 0.3) is 0 Å². The first-order valence-corrected chi connectivity index (χ1v) is 8.16. The highest BCUT2D eigenvalue weighted by molar-refractivity contribution is 9.09. The molecule has 0 amide bonds. The molecule has 2 aromatic carbocycles. The summed E-state index contributed by atoms with van der Waals surface area (Å²) >= 11 is 10.1. The second kappa shape index (κ2) is 6.32. The van der Waals surface area contributed by atoms with Gasteiger partial charge >= 0.3 is 0 Å². The number of alkyl halides is 1. The van der Waals surface area contributed by atoms with Crippen LogP contribution in [0.15, 0.2) is 48.5 Å². The Bertz CT molecular complexity index is 584. The molecule has 2 aromatic rings. The van der Waals surface area contributed by atoms with E-state index in [0.29, 0.717) is 0 Å². The standard InChI is InChI=1S/C18H20BrCl/c1-18(2,3)15-10-6-5-9-14(15)16(19)12-13-8-4-7-11-17(13)20/h4-11,16H,12H2,1-3H3. The average Bonchev–Trinajstić information content (AvgIpc) is 2.40. The van der Waals surface area contributed by atoms with Crippen molar-refractivity contribution in [3.63, 3.8) is 0 Å². The Morgan fingerprint density at radius 2 is 1.60 bits per heavy atom. The maximum atomic E-state index is 6.26. The zero-order chi connectivity index (χ0) is 14.8. The summed E-state index contributed by atoms with van der Waals surface area (Å²) in [5, 5.41) is 0.838. The van der Waals surface area contributed by atoms with E-state index >= 15 is 0 Å². The van der Waals surface area contributed by atoms with Crippen LogP contribution in [0.5, 0.6) is 0 Å². The summed E-state index contributed by atoms with van der Waals surface area (Å²) in [6.07, 6.45) is 0.896. The van der Waals surface area contributed by atoms with Crippen LogP contribution in [0.4, 0.5) is 0 Å². The maximum absolute atomic E-state index is 6.26. The van der Waals surface area contributed by atoms with Gasteiger partial charge in [-0.05, 0) is 34.6 Å². The molecule has 0 aromatic heterocycles. The van der Waals surface area contributed by atoms with E-state index in [-0.39, 0.29) is 10.2 Å². The van der Waals surface area contributed by atoms with Crippen molar-refractivity contribution in [1.82, 2.24) is 0 Å². The molecule has 0 heterocycles. The maximum Gasteiger partial charge on any atom is 0.0439 e. The molecule has 0 aliphatic heterocycles. The Morgan fingerprint density at radius 1 is 1.00 bits per heavy atom. The fourth-order valence-electron chi connectivity index (χ4n) is 2.42. The largest absolute Gasteiger partial charge is 0.0840 e. The van der Waals surface area contributed by atoms with Crippen LogP contribution in [0.1, 0.15) is 42.3 Å². The second-order valence-electron chi connectivity index (χ2n) is 6.10. The molecule has 0 saturated carbocycles. The van der Waals surface area contributed by atoms with E-state index in [1.165, 1.54) is 16.7 Å². The third kappa shape index (κ3) is 3.65. The molecule has 1 atom stereocenters. The highest BCUT2D eigenvalue weighted by Gasteiger charge is 2.21. The van der Waals surface area contributed by atoms with Crippen molar-refractivity contribution >= 4 is 27.5 Å². The van der Waals surface area contributed by atoms with Gasteiger partial charge in [-0.25, -0.2) is 0 Å². The van der Waals surface area contributed by atoms with Crippen LogP contribution in [0.2, 0.25) is 5.02 Å². The predicted molar refractivity (Wildman–Crippen MR) is 92.0 cm³/mol. The highest BCUT2D eigenvalue weighted by Crippen LogP contribution is 2.36. The summed E-state index contributed by atoms with van der Waals surface area (Å²) in [5.41, 5.74) is 4.05. The molecule has 2 heteroatoms. The van der Waals surface area contributed by atoms with Gasteiger partial charge in [-0.3, -0.25) is 0 Å². The van der Waals surface area contributed by atoms with Crippen molar-refractivity contribution in [2.45, 2.75) is 37.4 Å². The predicted octanol–water partition coefficient (Wildman–Crippen LogP) is 6.32. The highest BCUT2D eigenvalue weighted by atomic mass is 79.9. The first-order valence-electron chi connectivity index (χ1n) is 6.86. The van der Waals surface area contributed by atoms with E-state index in [4.69, 9.17) is 11.6 Å². The number of hydrogen-bond donors (Lipinski definition) is 0. The summed E-state index contributed by atoms with van der Waals surface area (Å²) in [4.78, 5) is 0.276. The van der Waals surface area contributed by atoms with Crippen LogP contribution in [0.3, 0.4) is 0 Å². The normalized spacial score (nSPS) is 13.2. The van der Waals surface area contributed by atoms with Crippen LogP contribution >= 0.6 is 27.5 Å². The molecule has 0 aliphatic carbocycles. The monoisotopic (exact) mass is 350 g/mol. The fourth-order valence-corrected chi connectivity index (χ4v) is 3.38. The van der Waals surface area contributed by atoms with Crippen LogP contribution in [0, 0.1) is 0 Å². The summed E-state index contributed by atoms with van der Waals surface area (Å²) in [5.74, 6) is 0. The lowest BCUT2D eigenvalue weighted by Crippen LogP contribution is -2.15. The summed E-state index contributed by atoms with van der Waals surface area (Å²) in [6, 6.07) is 16.7. The van der Waals surface area contributed by atoms with Crippen LogP contribution < -0.4 is 0 Å². The van der Waals surface area contributed by atoms with Crippen molar-refractivity contribution in [3.8, 4) is 0 Å². The van der Waals surface area contributed by atoms with Crippen molar-refractivity contribution in [1.29, 1.82) is 0 Å². The van der Waals surface area contributed by atoms with E-state index in [1.807, 2.05) is 18.2 Å². The zero-order valence-corrected chi connectivity index (χ0v) is 14.5. The topological polar surface area (TPSA) is 0 Å². The molecule has 0 bridgehead atoms. The molecule has 20 heavy (non-hydrogen) atoms. The molecule has 0 radical (unpaired) electrons. The Kier molecular flexibility index (Phi) is 4.93. The minimum atomic E-state index is 0.142. The first-order chi connectivity index (χ1) is 9.39. The summed E-state index contributed by atoms with van der Waals surface area (Å²) in [6.45, 7) is 6.75. The lowest BCUT2D eigenvalue weighted by atomic mass is 9.82. The van der Waals surface area contributed by atoms with Gasteiger partial charge in [0.05, 0.1) is 0 Å². The quantitative estimate of drug-likeness (QED) is 0.568. The zero-order valence-electron chi connectivity index (χ0n) is 12.2. The molecular weight excluding hydrogens is 332 g/mol. The number of rotatable bonds is 3. The first kappa shape index (κ1) is 15.6. The molecule has 0 spiro atoms. The minimum absolute atomic E-state index is 0.142. The molecule has 0 fully saturated rings. The van der Waals surface area contributed by atoms with Gasteiger partial charge < -0.3 is 0 Å². The molecule has 0 aliphatic rings. The molecular formula is C18H20BrCl. The Balaban J connectivity index is 2.31. The van der Waals surface area contributed by atoms with Gasteiger partial charge in [0.1, 0.15) is 0 Å². The van der Waals surface area contributed by atoms with Crippen molar-refractivity contribution < 1.29 is 0 Å². The minimum Gasteiger partial charge on any atom is -0.0840 e. The SMILES string of the molecule is CC(C)(C)c1ccccc1C(Br)Cc1ccccc1Cl. The van der Waals surface area contributed by atoms with Crippen LogP contribution in [0.25, 0.3) is 0 Å². The number of benzene rings is 2. The molecule has 2 rings (SSSR count). The van der Waals surface area contributed by atoms with Gasteiger partial charge in [0.2, 0.25) is 0 Å². The van der Waals surface area contributed by atoms with Gasteiger partial charge in [-0.2, -0.15) is 0 Å². The van der Waals surface area contributed by atoms with E-state index in [9.17, 15) is 0 Å². The molecule has 0 saturated heterocycles. The van der Waals surface area contributed by atoms with E-state index in [2.05, 4.69) is 67.0 Å². The van der Waals surface area contributed by atoms with Gasteiger partial charge in [0, 0.05) is 9.85 Å². The number of halogens is 2. The summed E-state index contributed by atoms with van der Waals surface area (Å²) in [7, 11) is 0. The van der Waals surface area contributed by atoms with Gasteiger partial charge in [-0.1, -0.05) is 90.8 Å². The Morgan fingerprint density at radius 3 is 2.25 bits per heavy atom. The second-order valence-corrected chi connectivity index (χ2v) is 7.61. The Labute approximate surface area is 135 Å². The Hall–Kier alpha value is -0.790. The fraction of sp³-hybridized carbons (Fsp3) is 0.333. The third-order valence-corrected chi connectivity index (χ3v) is 4.65. The van der Waals surface area contributed by atoms with Crippen molar-refractivity contribution in [3.05, 3.63) is 70.2 Å². The molecule has 0 nitrogen and oxygen atoms in total. The van der Waals surface area contributed by atoms with E-state index in [1.54, 1.807) is 0 Å². The molecule has 1 unspecified atom stereocenters. The van der Waals surface area contributed by atoms with Crippen molar-refractivity contribution in [2.75, 3.05) is 0 Å². The van der Waals surface area contributed by atoms with Crippen LogP contribution in [-0.4, -0.2) is 0 Å². The average molecular weight is 352 g/mol. The lowest BCUT2D eigenvalue weighted by Gasteiger charge is -2.25. The van der Waals surface area contributed by atoms with Crippen molar-refractivity contribution in [2.24, 2.45) is 0 Å². The lowest BCUT2D eigenvalue weighted by molar-refractivity contribution is 0.581. The van der Waals surface area contributed by atoms with Gasteiger partial charge in [-0.15, -0.1) is 0 Å². The number of hydrogen-bond acceptors (Lipinski definition) is 0. The van der Waals surface area contributed by atoms with E-state index in [0.717, 1.165) is 11.4 Å². The molecule has 106 valence electrons.